The Kier molecular flexibility index (Phi) is 3.87. The van der Waals surface area contributed by atoms with Crippen LogP contribution in [0.2, 0.25) is 0 Å². The van der Waals surface area contributed by atoms with Crippen LogP contribution in [0.15, 0.2) is 18.2 Å². The fourth-order valence-corrected chi connectivity index (χ4v) is 4.41. The zero-order valence-corrected chi connectivity index (χ0v) is 12.8. The zero-order valence-electron chi connectivity index (χ0n) is 12.8. The molecule has 1 saturated carbocycles. The minimum absolute atomic E-state index is 0.625. The minimum atomic E-state index is 0.625. The lowest BCUT2D eigenvalue weighted by Gasteiger charge is -2.38. The molecule has 4 rings (SSSR count). The molecule has 1 aliphatic carbocycles. The molecule has 21 heavy (non-hydrogen) atoms. The fourth-order valence-electron chi connectivity index (χ4n) is 4.41. The highest BCUT2D eigenvalue weighted by atomic mass is 16.5. The van der Waals surface area contributed by atoms with Crippen LogP contribution >= 0.6 is 0 Å². The molecule has 1 atom stereocenters. The van der Waals surface area contributed by atoms with Gasteiger partial charge in [-0.05, 0) is 36.0 Å². The maximum absolute atomic E-state index is 5.68. The monoisotopic (exact) mass is 286 g/mol. The van der Waals surface area contributed by atoms with Gasteiger partial charge in [-0.3, -0.25) is 4.90 Å². The summed E-state index contributed by atoms with van der Waals surface area (Å²) in [5, 5.41) is 3.49. The predicted molar refractivity (Wildman–Crippen MR) is 84.8 cm³/mol. The van der Waals surface area contributed by atoms with Crippen LogP contribution in [0.4, 0.5) is 0 Å². The number of fused-ring (bicyclic) bond motifs is 1. The van der Waals surface area contributed by atoms with Gasteiger partial charge in [-0.25, -0.2) is 0 Å². The van der Waals surface area contributed by atoms with E-state index < -0.39 is 0 Å². The molecule has 1 saturated heterocycles. The number of benzene rings is 1. The molecule has 1 N–H and O–H groups in total. The quantitative estimate of drug-likeness (QED) is 0.924. The first-order chi connectivity index (χ1) is 10.4. The Morgan fingerprint density at radius 3 is 2.76 bits per heavy atom. The lowest BCUT2D eigenvalue weighted by molar-refractivity contribution is 0.125. The largest absolute Gasteiger partial charge is 0.493 e. The van der Waals surface area contributed by atoms with Gasteiger partial charge in [-0.1, -0.05) is 25.0 Å². The molecule has 2 fully saturated rings. The van der Waals surface area contributed by atoms with Gasteiger partial charge in [0.15, 0.2) is 0 Å². The molecule has 3 nitrogen and oxygen atoms in total. The van der Waals surface area contributed by atoms with Crippen molar-refractivity contribution >= 4 is 0 Å². The van der Waals surface area contributed by atoms with Gasteiger partial charge in [0.1, 0.15) is 5.75 Å². The van der Waals surface area contributed by atoms with Crippen LogP contribution in [0.3, 0.4) is 0 Å². The number of rotatable bonds is 3. The van der Waals surface area contributed by atoms with E-state index in [-0.39, 0.29) is 0 Å². The highest BCUT2D eigenvalue weighted by Crippen LogP contribution is 2.41. The summed E-state index contributed by atoms with van der Waals surface area (Å²) in [6.45, 7) is 5.51. The molecular weight excluding hydrogens is 260 g/mol. The van der Waals surface area contributed by atoms with Crippen LogP contribution in [0.1, 0.15) is 42.9 Å². The lowest BCUT2D eigenvalue weighted by Crippen LogP contribution is -2.46. The van der Waals surface area contributed by atoms with Gasteiger partial charge in [-0.2, -0.15) is 0 Å². The number of ether oxygens (including phenoxy) is 1. The smallest absolute Gasteiger partial charge is 0.122 e. The van der Waals surface area contributed by atoms with Crippen molar-refractivity contribution in [3.05, 3.63) is 29.3 Å². The van der Waals surface area contributed by atoms with E-state index in [0.29, 0.717) is 6.04 Å². The molecular formula is C18H26N2O. The SMILES string of the molecule is c1cc2c(cc1[C@@H](C1CCCC1)N1CCNCC1)CCO2. The third-order valence-corrected chi connectivity index (χ3v) is 5.45. The Balaban J connectivity index is 1.64. The van der Waals surface area contributed by atoms with Crippen molar-refractivity contribution in [1.82, 2.24) is 10.2 Å². The van der Waals surface area contributed by atoms with Crippen LogP contribution in [0.25, 0.3) is 0 Å². The van der Waals surface area contributed by atoms with E-state index in [9.17, 15) is 0 Å². The Morgan fingerprint density at radius 1 is 1.14 bits per heavy atom. The Morgan fingerprint density at radius 2 is 1.95 bits per heavy atom. The second-order valence-electron chi connectivity index (χ2n) is 6.74. The van der Waals surface area contributed by atoms with E-state index in [1.165, 1.54) is 49.9 Å². The molecule has 0 amide bonds. The van der Waals surface area contributed by atoms with Crippen molar-refractivity contribution in [3.63, 3.8) is 0 Å². The van der Waals surface area contributed by atoms with Crippen molar-refractivity contribution in [2.45, 2.75) is 38.1 Å². The van der Waals surface area contributed by atoms with Crippen molar-refractivity contribution < 1.29 is 4.74 Å². The highest BCUT2D eigenvalue weighted by molar-refractivity contribution is 5.41. The Bertz CT molecular complexity index is 490. The molecule has 0 radical (unpaired) electrons. The van der Waals surface area contributed by atoms with E-state index in [2.05, 4.69) is 28.4 Å². The maximum Gasteiger partial charge on any atom is 0.122 e. The van der Waals surface area contributed by atoms with Crippen LogP contribution in [-0.4, -0.2) is 37.7 Å². The molecule has 3 aliphatic rings. The third-order valence-electron chi connectivity index (χ3n) is 5.45. The van der Waals surface area contributed by atoms with Gasteiger partial charge in [0.2, 0.25) is 0 Å². The lowest BCUT2D eigenvalue weighted by atomic mass is 9.88. The summed E-state index contributed by atoms with van der Waals surface area (Å²) in [4.78, 5) is 2.73. The van der Waals surface area contributed by atoms with Crippen LogP contribution in [0, 0.1) is 5.92 Å². The number of hydrogen-bond acceptors (Lipinski definition) is 3. The summed E-state index contributed by atoms with van der Waals surface area (Å²) in [6, 6.07) is 7.60. The Labute approximate surface area is 127 Å². The highest BCUT2D eigenvalue weighted by Gasteiger charge is 2.32. The maximum atomic E-state index is 5.68. The van der Waals surface area contributed by atoms with Crippen LogP contribution in [-0.2, 0) is 6.42 Å². The molecule has 0 unspecified atom stereocenters. The van der Waals surface area contributed by atoms with Crippen molar-refractivity contribution in [1.29, 1.82) is 0 Å². The normalized spacial score (nSPS) is 24.8. The average Bonchev–Trinajstić information content (AvgIpc) is 3.19. The van der Waals surface area contributed by atoms with E-state index in [1.54, 1.807) is 0 Å². The first-order valence-corrected chi connectivity index (χ1v) is 8.62. The number of hydrogen-bond donors (Lipinski definition) is 1. The van der Waals surface area contributed by atoms with Crippen molar-refractivity contribution in [2.24, 2.45) is 5.92 Å². The zero-order chi connectivity index (χ0) is 14.1. The topological polar surface area (TPSA) is 24.5 Å². The summed E-state index contributed by atoms with van der Waals surface area (Å²) >= 11 is 0. The minimum Gasteiger partial charge on any atom is -0.493 e. The van der Waals surface area contributed by atoms with Gasteiger partial charge < -0.3 is 10.1 Å². The second kappa shape index (κ2) is 5.98. The van der Waals surface area contributed by atoms with Crippen molar-refractivity contribution in [3.8, 4) is 5.75 Å². The van der Waals surface area contributed by atoms with Crippen molar-refractivity contribution in [2.75, 3.05) is 32.8 Å². The summed E-state index contributed by atoms with van der Waals surface area (Å²) in [6.07, 6.45) is 6.73. The van der Waals surface area contributed by atoms with Gasteiger partial charge in [0, 0.05) is 38.6 Å². The van der Waals surface area contributed by atoms with Gasteiger partial charge in [0.25, 0.3) is 0 Å². The van der Waals surface area contributed by atoms with E-state index in [0.717, 1.165) is 37.8 Å². The Hall–Kier alpha value is -1.06. The summed E-state index contributed by atoms with van der Waals surface area (Å²) < 4.78 is 5.68. The molecule has 2 aliphatic heterocycles. The number of nitrogens with zero attached hydrogens (tertiary/aromatic N) is 1. The molecule has 1 aromatic rings. The summed E-state index contributed by atoms with van der Waals surface area (Å²) in [7, 11) is 0. The van der Waals surface area contributed by atoms with E-state index >= 15 is 0 Å². The molecule has 2 heterocycles. The predicted octanol–water partition coefficient (Wildman–Crippen LogP) is 2.76. The van der Waals surface area contributed by atoms with Gasteiger partial charge >= 0.3 is 0 Å². The number of piperazine rings is 1. The van der Waals surface area contributed by atoms with Crippen LogP contribution in [0.5, 0.6) is 5.75 Å². The standard InChI is InChI=1S/C18H26N2O/c1-2-4-14(3-1)18(20-10-8-19-9-11-20)16-5-6-17-15(13-16)7-12-21-17/h5-6,13-14,18-19H,1-4,7-12H2/t18-/m1/s1. The summed E-state index contributed by atoms with van der Waals surface area (Å²) in [5.74, 6) is 1.97. The number of nitrogens with one attached hydrogen (secondary N) is 1. The van der Waals surface area contributed by atoms with Gasteiger partial charge in [0.05, 0.1) is 6.61 Å². The molecule has 114 valence electrons. The molecule has 0 bridgehead atoms. The second-order valence-corrected chi connectivity index (χ2v) is 6.74. The molecule has 0 aromatic heterocycles. The molecule has 1 aromatic carbocycles. The molecule has 3 heteroatoms. The third kappa shape index (κ3) is 2.69. The van der Waals surface area contributed by atoms with Crippen LogP contribution < -0.4 is 10.1 Å². The first kappa shape index (κ1) is 13.6. The van der Waals surface area contributed by atoms with E-state index in [4.69, 9.17) is 4.74 Å². The van der Waals surface area contributed by atoms with E-state index in [1.807, 2.05) is 0 Å². The van der Waals surface area contributed by atoms with Gasteiger partial charge in [-0.15, -0.1) is 0 Å². The fraction of sp³-hybridized carbons (Fsp3) is 0.667. The summed E-state index contributed by atoms with van der Waals surface area (Å²) in [5.41, 5.74) is 2.96. The first-order valence-electron chi connectivity index (χ1n) is 8.62. The molecule has 0 spiro atoms. The average molecular weight is 286 g/mol.